The molecule has 6 heteroatoms. The highest BCUT2D eigenvalue weighted by molar-refractivity contribution is 6.07. The summed E-state index contributed by atoms with van der Waals surface area (Å²) in [6, 6.07) is 15.8. The summed E-state index contributed by atoms with van der Waals surface area (Å²) in [5, 5.41) is 5.64. The van der Waals surface area contributed by atoms with Crippen molar-refractivity contribution in [2.24, 2.45) is 0 Å². The lowest BCUT2D eigenvalue weighted by Crippen LogP contribution is -2.45. The van der Waals surface area contributed by atoms with E-state index in [9.17, 15) is 14.4 Å². The van der Waals surface area contributed by atoms with Crippen molar-refractivity contribution in [1.29, 1.82) is 0 Å². The molecule has 27 heavy (non-hydrogen) atoms. The van der Waals surface area contributed by atoms with Gasteiger partial charge in [0.2, 0.25) is 0 Å². The Morgan fingerprint density at radius 2 is 1.63 bits per heavy atom. The van der Waals surface area contributed by atoms with Gasteiger partial charge in [0.25, 0.3) is 11.8 Å². The quantitative estimate of drug-likeness (QED) is 0.769. The molecule has 1 fully saturated rings. The van der Waals surface area contributed by atoms with Crippen molar-refractivity contribution in [3.8, 4) is 0 Å². The highest BCUT2D eigenvalue weighted by Crippen LogP contribution is 2.26. The average Bonchev–Trinajstić information content (AvgIpc) is 2.94. The van der Waals surface area contributed by atoms with Crippen molar-refractivity contribution in [2.45, 2.75) is 38.8 Å². The predicted octanol–water partition coefficient (Wildman–Crippen LogP) is 3.55. The van der Waals surface area contributed by atoms with Gasteiger partial charge in [0.15, 0.2) is 0 Å². The van der Waals surface area contributed by atoms with E-state index in [1.807, 2.05) is 44.2 Å². The topological polar surface area (TPSA) is 78.5 Å². The third-order valence-electron chi connectivity index (χ3n) is 5.04. The molecule has 0 aromatic heterocycles. The van der Waals surface area contributed by atoms with Crippen LogP contribution in [0.2, 0.25) is 0 Å². The molecule has 1 aliphatic rings. The molecule has 2 N–H and O–H groups in total. The molecule has 1 aliphatic heterocycles. The van der Waals surface area contributed by atoms with Gasteiger partial charge >= 0.3 is 6.03 Å². The molecular weight excluding hydrogens is 342 g/mol. The second-order valence-corrected chi connectivity index (χ2v) is 6.63. The van der Waals surface area contributed by atoms with Gasteiger partial charge in [-0.3, -0.25) is 14.5 Å². The van der Waals surface area contributed by atoms with E-state index in [2.05, 4.69) is 10.6 Å². The summed E-state index contributed by atoms with van der Waals surface area (Å²) in [6.07, 6.45) is 1.12. The third kappa shape index (κ3) is 3.69. The number of rotatable bonds is 6. The summed E-state index contributed by atoms with van der Waals surface area (Å²) in [6.45, 7) is 3.98. The van der Waals surface area contributed by atoms with Gasteiger partial charge in [-0.05, 0) is 42.7 Å². The van der Waals surface area contributed by atoms with Crippen LogP contribution in [0.15, 0.2) is 54.6 Å². The lowest BCUT2D eigenvalue weighted by atomic mass is 9.93. The Morgan fingerprint density at radius 1 is 1.00 bits per heavy atom. The lowest BCUT2D eigenvalue weighted by molar-refractivity contribution is -0.132. The number of hydrogen-bond acceptors (Lipinski definition) is 3. The van der Waals surface area contributed by atoms with Crippen LogP contribution in [-0.4, -0.2) is 28.3 Å². The van der Waals surface area contributed by atoms with E-state index >= 15 is 0 Å². The normalized spacial score (nSPS) is 15.6. The molecule has 0 radical (unpaired) electrons. The predicted molar refractivity (Wildman–Crippen MR) is 103 cm³/mol. The molecule has 140 valence electrons. The SMILES string of the molecule is CCC1(CC)NC(=O)N(Cc2ccc(C(=O)Nc3ccccc3)cc2)C1=O. The molecule has 0 bridgehead atoms. The molecule has 2 aromatic rings. The first-order chi connectivity index (χ1) is 13.0. The number of imide groups is 1. The van der Waals surface area contributed by atoms with Crippen LogP contribution >= 0.6 is 0 Å². The van der Waals surface area contributed by atoms with Crippen LogP contribution in [0.25, 0.3) is 0 Å². The second-order valence-electron chi connectivity index (χ2n) is 6.63. The molecule has 6 nitrogen and oxygen atoms in total. The first-order valence-corrected chi connectivity index (χ1v) is 9.08. The fraction of sp³-hybridized carbons (Fsp3) is 0.286. The summed E-state index contributed by atoms with van der Waals surface area (Å²) >= 11 is 0. The van der Waals surface area contributed by atoms with E-state index in [-0.39, 0.29) is 24.4 Å². The molecule has 4 amide bonds. The molecule has 0 atom stereocenters. The number of carbonyl (C=O) groups is 3. The number of urea groups is 1. The van der Waals surface area contributed by atoms with Crippen molar-refractivity contribution < 1.29 is 14.4 Å². The molecule has 1 saturated heterocycles. The molecular formula is C21H23N3O3. The van der Waals surface area contributed by atoms with Crippen molar-refractivity contribution in [1.82, 2.24) is 10.2 Å². The van der Waals surface area contributed by atoms with Crippen LogP contribution < -0.4 is 10.6 Å². The summed E-state index contributed by atoms with van der Waals surface area (Å²) in [7, 11) is 0. The van der Waals surface area contributed by atoms with Crippen molar-refractivity contribution in [3.05, 3.63) is 65.7 Å². The first-order valence-electron chi connectivity index (χ1n) is 9.08. The van der Waals surface area contributed by atoms with E-state index in [0.717, 1.165) is 11.3 Å². The van der Waals surface area contributed by atoms with Gasteiger partial charge in [-0.15, -0.1) is 0 Å². The Bertz CT molecular complexity index is 843. The number of hydrogen-bond donors (Lipinski definition) is 2. The van der Waals surface area contributed by atoms with Crippen LogP contribution in [0, 0.1) is 0 Å². The number of nitrogens with one attached hydrogen (secondary N) is 2. The van der Waals surface area contributed by atoms with E-state index < -0.39 is 5.54 Å². The van der Waals surface area contributed by atoms with E-state index in [1.165, 1.54) is 4.90 Å². The monoisotopic (exact) mass is 365 g/mol. The van der Waals surface area contributed by atoms with Crippen molar-refractivity contribution >= 4 is 23.5 Å². The van der Waals surface area contributed by atoms with Gasteiger partial charge in [-0.1, -0.05) is 44.2 Å². The maximum Gasteiger partial charge on any atom is 0.325 e. The number of para-hydroxylation sites is 1. The van der Waals surface area contributed by atoms with Crippen molar-refractivity contribution in [2.75, 3.05) is 5.32 Å². The Labute approximate surface area is 158 Å². The van der Waals surface area contributed by atoms with Gasteiger partial charge in [-0.2, -0.15) is 0 Å². The fourth-order valence-electron chi connectivity index (χ4n) is 3.22. The summed E-state index contributed by atoms with van der Waals surface area (Å²) in [4.78, 5) is 38.4. The number of nitrogens with zero attached hydrogens (tertiary/aromatic N) is 1. The fourth-order valence-corrected chi connectivity index (χ4v) is 3.22. The first kappa shape index (κ1) is 18.6. The summed E-state index contributed by atoms with van der Waals surface area (Å²) in [5.41, 5.74) is 1.22. The number of amides is 4. The maximum atomic E-state index is 12.7. The van der Waals surface area contributed by atoms with Gasteiger partial charge in [0.05, 0.1) is 6.54 Å². The van der Waals surface area contributed by atoms with Crippen LogP contribution in [0.4, 0.5) is 10.5 Å². The van der Waals surface area contributed by atoms with E-state index in [1.54, 1.807) is 24.3 Å². The van der Waals surface area contributed by atoms with Gasteiger partial charge < -0.3 is 10.6 Å². The van der Waals surface area contributed by atoms with Crippen molar-refractivity contribution in [3.63, 3.8) is 0 Å². The third-order valence-corrected chi connectivity index (χ3v) is 5.04. The summed E-state index contributed by atoms with van der Waals surface area (Å²) < 4.78 is 0. The van der Waals surface area contributed by atoms with Gasteiger partial charge in [0, 0.05) is 11.3 Å². The minimum absolute atomic E-state index is 0.188. The maximum absolute atomic E-state index is 12.7. The molecule has 0 aliphatic carbocycles. The zero-order chi connectivity index (χ0) is 19.4. The van der Waals surface area contributed by atoms with Crippen LogP contribution in [0.1, 0.15) is 42.6 Å². The number of anilines is 1. The Morgan fingerprint density at radius 3 is 2.19 bits per heavy atom. The minimum Gasteiger partial charge on any atom is -0.323 e. The summed E-state index contributed by atoms with van der Waals surface area (Å²) in [5.74, 6) is -0.401. The number of carbonyl (C=O) groups excluding carboxylic acids is 3. The molecule has 3 rings (SSSR count). The smallest absolute Gasteiger partial charge is 0.323 e. The Hall–Kier alpha value is -3.15. The lowest BCUT2D eigenvalue weighted by Gasteiger charge is -2.23. The van der Waals surface area contributed by atoms with Gasteiger partial charge in [-0.25, -0.2) is 4.79 Å². The van der Waals surface area contributed by atoms with Crippen LogP contribution in [-0.2, 0) is 11.3 Å². The standard InChI is InChI=1S/C21H23N3O3/c1-3-21(4-2)19(26)24(20(27)23-21)14-15-10-12-16(13-11-15)18(25)22-17-8-6-5-7-9-17/h5-13H,3-4,14H2,1-2H3,(H,22,25)(H,23,27). The molecule has 0 saturated carbocycles. The highest BCUT2D eigenvalue weighted by Gasteiger charge is 2.48. The second kappa shape index (κ2) is 7.61. The largest absolute Gasteiger partial charge is 0.325 e. The highest BCUT2D eigenvalue weighted by atomic mass is 16.2. The molecule has 0 spiro atoms. The van der Waals surface area contributed by atoms with Gasteiger partial charge in [0.1, 0.15) is 5.54 Å². The molecule has 1 heterocycles. The number of benzene rings is 2. The zero-order valence-corrected chi connectivity index (χ0v) is 15.5. The minimum atomic E-state index is -0.799. The Kier molecular flexibility index (Phi) is 5.26. The zero-order valence-electron chi connectivity index (χ0n) is 15.5. The molecule has 2 aromatic carbocycles. The van der Waals surface area contributed by atoms with E-state index in [0.29, 0.717) is 18.4 Å². The molecule has 0 unspecified atom stereocenters. The van der Waals surface area contributed by atoms with Crippen LogP contribution in [0.3, 0.4) is 0 Å². The Balaban J connectivity index is 1.68. The van der Waals surface area contributed by atoms with E-state index in [4.69, 9.17) is 0 Å². The average molecular weight is 365 g/mol. The van der Waals surface area contributed by atoms with Crippen LogP contribution in [0.5, 0.6) is 0 Å².